The van der Waals surface area contributed by atoms with Gasteiger partial charge in [-0.3, -0.25) is 19.4 Å². The number of nitrogens with zero attached hydrogens (tertiary/aromatic N) is 3. The zero-order valence-corrected chi connectivity index (χ0v) is 15.5. The number of Topliss-reactive ketones (excluding diaryl/α,β-unsaturated/α-hetero) is 1. The summed E-state index contributed by atoms with van der Waals surface area (Å²) < 4.78 is 0. The fourth-order valence-corrected chi connectivity index (χ4v) is 3.67. The first-order valence-corrected chi connectivity index (χ1v) is 8.85. The van der Waals surface area contributed by atoms with Gasteiger partial charge in [0.05, 0.1) is 11.4 Å². The minimum Gasteiger partial charge on any atom is -0.293 e. The van der Waals surface area contributed by atoms with Gasteiger partial charge in [-0.05, 0) is 37.3 Å². The standard InChI is InChI=1S/C20H16ClN3O3/c1-11-6-8-14(9-7-11)24-18-16(17(22-24)12(2)25)19(26)23(20(18)27)15-5-3-4-13(21)10-15/h3-10,16,18H,1-2H3/t16-,18+/m0/s1. The van der Waals surface area contributed by atoms with Crippen LogP contribution in [0, 0.1) is 12.8 Å². The number of carbonyl (C=O) groups is 3. The average Bonchev–Trinajstić information content (AvgIpc) is 3.13. The number of anilines is 2. The van der Waals surface area contributed by atoms with E-state index in [4.69, 9.17) is 11.6 Å². The Morgan fingerprint density at radius 1 is 1.04 bits per heavy atom. The molecular formula is C20H16ClN3O3. The van der Waals surface area contributed by atoms with E-state index in [1.54, 1.807) is 24.3 Å². The summed E-state index contributed by atoms with van der Waals surface area (Å²) in [6.45, 7) is 3.31. The lowest BCUT2D eigenvalue weighted by molar-refractivity contribution is -0.122. The van der Waals surface area contributed by atoms with Crippen LogP contribution >= 0.6 is 11.6 Å². The van der Waals surface area contributed by atoms with Crippen molar-refractivity contribution >= 4 is 46.3 Å². The largest absolute Gasteiger partial charge is 0.293 e. The lowest BCUT2D eigenvalue weighted by Gasteiger charge is -2.22. The zero-order chi connectivity index (χ0) is 19.3. The number of hydrazone groups is 1. The molecule has 0 unspecified atom stereocenters. The molecule has 7 heteroatoms. The van der Waals surface area contributed by atoms with Crippen LogP contribution in [0.25, 0.3) is 0 Å². The molecule has 2 aromatic carbocycles. The number of rotatable bonds is 3. The Kier molecular flexibility index (Phi) is 4.08. The lowest BCUT2D eigenvalue weighted by atomic mass is 9.95. The van der Waals surface area contributed by atoms with Crippen molar-refractivity contribution in [1.82, 2.24) is 0 Å². The van der Waals surface area contributed by atoms with Gasteiger partial charge in [0.15, 0.2) is 5.78 Å². The molecule has 0 spiro atoms. The third-order valence-electron chi connectivity index (χ3n) is 4.77. The van der Waals surface area contributed by atoms with Crippen molar-refractivity contribution in [2.75, 3.05) is 9.91 Å². The highest BCUT2D eigenvalue weighted by Crippen LogP contribution is 2.38. The number of hydrogen-bond donors (Lipinski definition) is 0. The third-order valence-corrected chi connectivity index (χ3v) is 5.01. The summed E-state index contributed by atoms with van der Waals surface area (Å²) >= 11 is 6.02. The molecule has 0 radical (unpaired) electrons. The average molecular weight is 382 g/mol. The van der Waals surface area contributed by atoms with Crippen LogP contribution in [0.5, 0.6) is 0 Å². The van der Waals surface area contributed by atoms with E-state index in [2.05, 4.69) is 5.10 Å². The predicted molar refractivity (Wildman–Crippen MR) is 103 cm³/mol. The molecular weight excluding hydrogens is 366 g/mol. The van der Waals surface area contributed by atoms with Gasteiger partial charge in [0.1, 0.15) is 17.7 Å². The molecule has 0 aliphatic carbocycles. The minimum atomic E-state index is -0.921. The Labute approximate surface area is 161 Å². The SMILES string of the molecule is CC(=O)C1=NN(c2ccc(C)cc2)[C@H]2C(=O)N(c3cccc(Cl)c3)C(=O)[C@@H]12. The molecule has 6 nitrogen and oxygen atoms in total. The number of benzene rings is 2. The number of amides is 2. The Morgan fingerprint density at radius 2 is 1.74 bits per heavy atom. The third kappa shape index (κ3) is 2.73. The van der Waals surface area contributed by atoms with Crippen molar-refractivity contribution in [3.05, 3.63) is 59.1 Å². The highest BCUT2D eigenvalue weighted by Gasteiger charge is 2.58. The topological polar surface area (TPSA) is 70.1 Å². The number of imide groups is 1. The Hall–Kier alpha value is -2.99. The minimum absolute atomic E-state index is 0.100. The summed E-state index contributed by atoms with van der Waals surface area (Å²) in [6, 6.07) is 13.1. The molecule has 2 aliphatic heterocycles. The Morgan fingerprint density at radius 3 is 2.37 bits per heavy atom. The Balaban J connectivity index is 1.80. The number of aryl methyl sites for hydroxylation is 1. The molecule has 2 amide bonds. The molecule has 136 valence electrons. The van der Waals surface area contributed by atoms with E-state index in [1.165, 1.54) is 11.9 Å². The molecule has 0 bridgehead atoms. The second kappa shape index (κ2) is 6.32. The molecule has 0 aromatic heterocycles. The first kappa shape index (κ1) is 17.4. The smallest absolute Gasteiger partial charge is 0.259 e. The van der Waals surface area contributed by atoms with Crippen LogP contribution in [-0.2, 0) is 14.4 Å². The summed E-state index contributed by atoms with van der Waals surface area (Å²) in [6.07, 6.45) is 0. The predicted octanol–water partition coefficient (Wildman–Crippen LogP) is 2.97. The van der Waals surface area contributed by atoms with Crippen LogP contribution in [0.2, 0.25) is 5.02 Å². The van der Waals surface area contributed by atoms with E-state index >= 15 is 0 Å². The summed E-state index contributed by atoms with van der Waals surface area (Å²) in [5, 5.41) is 6.22. The molecule has 1 fully saturated rings. The molecule has 0 N–H and O–H groups in total. The number of ketones is 1. The van der Waals surface area contributed by atoms with Gasteiger partial charge in [-0.25, -0.2) is 4.90 Å². The van der Waals surface area contributed by atoms with E-state index in [9.17, 15) is 14.4 Å². The van der Waals surface area contributed by atoms with Crippen molar-refractivity contribution in [1.29, 1.82) is 0 Å². The van der Waals surface area contributed by atoms with Gasteiger partial charge >= 0.3 is 0 Å². The molecule has 1 saturated heterocycles. The van der Waals surface area contributed by atoms with Crippen molar-refractivity contribution in [3.8, 4) is 0 Å². The second-order valence-corrected chi connectivity index (χ2v) is 7.07. The van der Waals surface area contributed by atoms with Gasteiger partial charge in [0.2, 0.25) is 5.91 Å². The van der Waals surface area contributed by atoms with Crippen LogP contribution in [0.3, 0.4) is 0 Å². The molecule has 0 saturated carbocycles. The van der Waals surface area contributed by atoms with E-state index in [0.717, 1.165) is 10.5 Å². The molecule has 2 atom stereocenters. The second-order valence-electron chi connectivity index (χ2n) is 6.64. The maximum Gasteiger partial charge on any atom is 0.259 e. The maximum absolute atomic E-state index is 13.2. The lowest BCUT2D eigenvalue weighted by Crippen LogP contribution is -2.39. The quantitative estimate of drug-likeness (QED) is 0.766. The summed E-state index contributed by atoms with van der Waals surface area (Å²) in [5.41, 5.74) is 2.20. The zero-order valence-electron chi connectivity index (χ0n) is 14.7. The van der Waals surface area contributed by atoms with Gasteiger partial charge in [-0.2, -0.15) is 5.10 Å². The maximum atomic E-state index is 13.2. The number of halogens is 1. The molecule has 4 rings (SSSR count). The van der Waals surface area contributed by atoms with Gasteiger partial charge in [0, 0.05) is 11.9 Å². The monoisotopic (exact) mass is 381 g/mol. The fraction of sp³-hybridized carbons (Fsp3) is 0.200. The highest BCUT2D eigenvalue weighted by atomic mass is 35.5. The van der Waals surface area contributed by atoms with Crippen LogP contribution in [0.1, 0.15) is 12.5 Å². The van der Waals surface area contributed by atoms with E-state index in [-0.39, 0.29) is 11.5 Å². The van der Waals surface area contributed by atoms with E-state index < -0.39 is 23.8 Å². The van der Waals surface area contributed by atoms with Crippen molar-refractivity contribution < 1.29 is 14.4 Å². The molecule has 27 heavy (non-hydrogen) atoms. The van der Waals surface area contributed by atoms with E-state index in [0.29, 0.717) is 16.4 Å². The summed E-state index contributed by atoms with van der Waals surface area (Å²) in [7, 11) is 0. The van der Waals surface area contributed by atoms with Crippen LogP contribution in [0.4, 0.5) is 11.4 Å². The first-order chi connectivity index (χ1) is 12.9. The van der Waals surface area contributed by atoms with Gasteiger partial charge in [-0.1, -0.05) is 35.4 Å². The first-order valence-electron chi connectivity index (χ1n) is 8.47. The normalized spacial score (nSPS) is 21.5. The van der Waals surface area contributed by atoms with Crippen LogP contribution in [-0.4, -0.2) is 29.4 Å². The summed E-state index contributed by atoms with van der Waals surface area (Å²) in [5.74, 6) is -2.13. The van der Waals surface area contributed by atoms with Gasteiger partial charge < -0.3 is 0 Å². The van der Waals surface area contributed by atoms with Gasteiger partial charge in [-0.15, -0.1) is 0 Å². The van der Waals surface area contributed by atoms with Crippen molar-refractivity contribution in [3.63, 3.8) is 0 Å². The van der Waals surface area contributed by atoms with E-state index in [1.807, 2.05) is 31.2 Å². The van der Waals surface area contributed by atoms with Gasteiger partial charge in [0.25, 0.3) is 5.91 Å². The fourth-order valence-electron chi connectivity index (χ4n) is 3.49. The van der Waals surface area contributed by atoms with Crippen LogP contribution < -0.4 is 9.91 Å². The van der Waals surface area contributed by atoms with Crippen LogP contribution in [0.15, 0.2) is 53.6 Å². The number of hydrogen-bond acceptors (Lipinski definition) is 5. The number of fused-ring (bicyclic) bond motifs is 1. The van der Waals surface area contributed by atoms with Crippen molar-refractivity contribution in [2.24, 2.45) is 11.0 Å². The highest BCUT2D eigenvalue weighted by molar-refractivity contribution is 6.49. The molecule has 2 heterocycles. The number of carbonyl (C=O) groups excluding carboxylic acids is 3. The molecule has 2 aromatic rings. The Bertz CT molecular complexity index is 1000. The summed E-state index contributed by atoms with van der Waals surface area (Å²) in [4.78, 5) is 39.4. The molecule has 2 aliphatic rings. The van der Waals surface area contributed by atoms with Crippen molar-refractivity contribution in [2.45, 2.75) is 19.9 Å².